The van der Waals surface area contributed by atoms with E-state index in [0.29, 0.717) is 6.54 Å². The zero-order chi connectivity index (χ0) is 20.7. The van der Waals surface area contributed by atoms with Crippen LogP contribution in [0.3, 0.4) is 0 Å². The van der Waals surface area contributed by atoms with Crippen molar-refractivity contribution in [1.82, 2.24) is 10.2 Å². The SMILES string of the molecule is CN(C)CCCNC(=O)CN(c1ccc(F)c(Cl)c1)S(=O)(=O)c1ccccc1. The van der Waals surface area contributed by atoms with Gasteiger partial charge in [0.25, 0.3) is 10.0 Å². The van der Waals surface area contributed by atoms with Gasteiger partial charge in [0.15, 0.2) is 0 Å². The number of benzene rings is 2. The molecule has 0 aliphatic rings. The molecule has 0 fully saturated rings. The van der Waals surface area contributed by atoms with Crippen molar-refractivity contribution in [2.75, 3.05) is 38.0 Å². The molecule has 0 aromatic heterocycles. The summed E-state index contributed by atoms with van der Waals surface area (Å²) in [5.41, 5.74) is 0.110. The van der Waals surface area contributed by atoms with Gasteiger partial charge in [-0.2, -0.15) is 0 Å². The van der Waals surface area contributed by atoms with E-state index in [1.54, 1.807) is 18.2 Å². The van der Waals surface area contributed by atoms with Crippen LogP contribution in [0.4, 0.5) is 10.1 Å². The fourth-order valence-electron chi connectivity index (χ4n) is 2.48. The lowest BCUT2D eigenvalue weighted by Gasteiger charge is -2.24. The van der Waals surface area contributed by atoms with Gasteiger partial charge in [-0.15, -0.1) is 0 Å². The molecule has 0 bridgehead atoms. The van der Waals surface area contributed by atoms with Crippen LogP contribution >= 0.6 is 11.6 Å². The lowest BCUT2D eigenvalue weighted by atomic mass is 10.3. The zero-order valence-corrected chi connectivity index (χ0v) is 17.3. The van der Waals surface area contributed by atoms with Crippen LogP contribution in [0.5, 0.6) is 0 Å². The number of amides is 1. The molecular formula is C19H23ClFN3O3S. The fraction of sp³-hybridized carbons (Fsp3) is 0.316. The third-order valence-electron chi connectivity index (χ3n) is 3.91. The van der Waals surface area contributed by atoms with Gasteiger partial charge >= 0.3 is 0 Å². The molecular weight excluding hydrogens is 405 g/mol. The van der Waals surface area contributed by atoms with E-state index in [9.17, 15) is 17.6 Å². The van der Waals surface area contributed by atoms with Crippen LogP contribution in [0, 0.1) is 5.82 Å². The normalized spacial score (nSPS) is 11.5. The molecule has 6 nitrogen and oxygen atoms in total. The minimum atomic E-state index is -4.04. The Morgan fingerprint density at radius 1 is 1.14 bits per heavy atom. The smallest absolute Gasteiger partial charge is 0.264 e. The van der Waals surface area contributed by atoms with Gasteiger partial charge in [0.05, 0.1) is 15.6 Å². The van der Waals surface area contributed by atoms with Crippen LogP contribution < -0.4 is 9.62 Å². The topological polar surface area (TPSA) is 69.7 Å². The van der Waals surface area contributed by atoms with Crippen LogP contribution in [0.2, 0.25) is 5.02 Å². The van der Waals surface area contributed by atoms with E-state index in [1.165, 1.54) is 24.3 Å². The molecule has 9 heteroatoms. The molecule has 1 amide bonds. The Kier molecular flexibility index (Phi) is 7.79. The fourth-order valence-corrected chi connectivity index (χ4v) is 4.09. The Labute approximate surface area is 170 Å². The summed E-state index contributed by atoms with van der Waals surface area (Å²) in [4.78, 5) is 14.4. The standard InChI is InChI=1S/C19H23ClFN3O3S/c1-23(2)12-6-11-22-19(25)14-24(15-9-10-18(21)17(20)13-15)28(26,27)16-7-4-3-5-8-16/h3-5,7-10,13H,6,11-12,14H2,1-2H3,(H,22,25). The number of rotatable bonds is 9. The zero-order valence-electron chi connectivity index (χ0n) is 15.7. The minimum Gasteiger partial charge on any atom is -0.354 e. The van der Waals surface area contributed by atoms with Crippen LogP contribution in [-0.2, 0) is 14.8 Å². The molecule has 0 heterocycles. The molecule has 0 radical (unpaired) electrons. The van der Waals surface area contributed by atoms with Crippen molar-refractivity contribution in [2.45, 2.75) is 11.3 Å². The summed E-state index contributed by atoms with van der Waals surface area (Å²) in [5, 5.41) is 2.48. The Morgan fingerprint density at radius 3 is 2.43 bits per heavy atom. The molecule has 1 N–H and O–H groups in total. The van der Waals surface area contributed by atoms with Crippen LogP contribution in [0.25, 0.3) is 0 Å². The number of carbonyl (C=O) groups is 1. The highest BCUT2D eigenvalue weighted by Gasteiger charge is 2.27. The third-order valence-corrected chi connectivity index (χ3v) is 5.99. The third kappa shape index (κ3) is 5.92. The van der Waals surface area contributed by atoms with Gasteiger partial charge in [-0.05, 0) is 57.4 Å². The van der Waals surface area contributed by atoms with Crippen molar-refractivity contribution in [3.05, 3.63) is 59.4 Å². The average molecular weight is 428 g/mol. The molecule has 0 atom stereocenters. The lowest BCUT2D eigenvalue weighted by molar-refractivity contribution is -0.119. The first-order chi connectivity index (χ1) is 13.2. The summed E-state index contributed by atoms with van der Waals surface area (Å²) in [5.74, 6) is -1.13. The van der Waals surface area contributed by atoms with E-state index in [-0.39, 0.29) is 15.6 Å². The minimum absolute atomic E-state index is 0.0239. The van der Waals surface area contributed by atoms with E-state index in [2.05, 4.69) is 5.32 Å². The van der Waals surface area contributed by atoms with Gasteiger partial charge in [-0.1, -0.05) is 29.8 Å². The van der Waals surface area contributed by atoms with Crippen molar-refractivity contribution in [2.24, 2.45) is 0 Å². The van der Waals surface area contributed by atoms with E-state index in [1.807, 2.05) is 19.0 Å². The van der Waals surface area contributed by atoms with E-state index in [0.717, 1.165) is 23.3 Å². The highest BCUT2D eigenvalue weighted by molar-refractivity contribution is 7.92. The highest BCUT2D eigenvalue weighted by Crippen LogP contribution is 2.27. The maximum Gasteiger partial charge on any atom is 0.264 e. The molecule has 2 rings (SSSR count). The van der Waals surface area contributed by atoms with E-state index >= 15 is 0 Å². The molecule has 0 aliphatic heterocycles. The second-order valence-electron chi connectivity index (χ2n) is 6.43. The maximum absolute atomic E-state index is 13.5. The molecule has 0 aliphatic carbocycles. The predicted octanol–water partition coefficient (Wildman–Crippen LogP) is 2.74. The summed E-state index contributed by atoms with van der Waals surface area (Å²) in [6.07, 6.45) is 0.729. The van der Waals surface area contributed by atoms with Gasteiger partial charge in [-0.3, -0.25) is 9.10 Å². The second kappa shape index (κ2) is 9.86. The molecule has 0 unspecified atom stereocenters. The monoisotopic (exact) mass is 427 g/mol. The number of nitrogens with one attached hydrogen (secondary N) is 1. The Bertz CT molecular complexity index is 908. The van der Waals surface area contributed by atoms with E-state index < -0.39 is 28.3 Å². The van der Waals surface area contributed by atoms with Crippen molar-refractivity contribution >= 4 is 33.2 Å². The van der Waals surface area contributed by atoms with Crippen LogP contribution in [-0.4, -0.2) is 53.0 Å². The first kappa shape index (κ1) is 22.1. The Hall–Kier alpha value is -2.16. The lowest BCUT2D eigenvalue weighted by Crippen LogP contribution is -2.41. The summed E-state index contributed by atoms with van der Waals surface area (Å²) in [6.45, 7) is 0.765. The quantitative estimate of drug-likeness (QED) is 0.625. The average Bonchev–Trinajstić information content (AvgIpc) is 2.66. The van der Waals surface area contributed by atoms with Crippen molar-refractivity contribution < 1.29 is 17.6 Å². The molecule has 2 aromatic rings. The molecule has 0 saturated heterocycles. The highest BCUT2D eigenvalue weighted by atomic mass is 35.5. The first-order valence-corrected chi connectivity index (χ1v) is 10.5. The number of hydrogen-bond acceptors (Lipinski definition) is 4. The van der Waals surface area contributed by atoms with Gasteiger partial charge < -0.3 is 10.2 Å². The molecule has 0 spiro atoms. The Morgan fingerprint density at radius 2 is 1.82 bits per heavy atom. The molecule has 0 saturated carbocycles. The molecule has 152 valence electrons. The summed E-state index contributed by atoms with van der Waals surface area (Å²) in [7, 11) is -0.190. The van der Waals surface area contributed by atoms with Gasteiger partial charge in [-0.25, -0.2) is 12.8 Å². The predicted molar refractivity (Wildman–Crippen MR) is 109 cm³/mol. The van der Waals surface area contributed by atoms with Crippen LogP contribution in [0.15, 0.2) is 53.4 Å². The number of nitrogens with zero attached hydrogens (tertiary/aromatic N) is 2. The number of sulfonamides is 1. The first-order valence-electron chi connectivity index (χ1n) is 8.66. The maximum atomic E-state index is 13.5. The van der Waals surface area contributed by atoms with Gasteiger partial charge in [0.1, 0.15) is 12.4 Å². The summed E-state index contributed by atoms with van der Waals surface area (Å²) < 4.78 is 40.6. The summed E-state index contributed by atoms with van der Waals surface area (Å²) >= 11 is 5.82. The number of carbonyl (C=O) groups excluding carboxylic acids is 1. The van der Waals surface area contributed by atoms with E-state index in [4.69, 9.17) is 11.6 Å². The largest absolute Gasteiger partial charge is 0.354 e. The number of anilines is 1. The molecule has 28 heavy (non-hydrogen) atoms. The summed E-state index contributed by atoms with van der Waals surface area (Å²) in [6, 6.07) is 11.3. The number of hydrogen-bond donors (Lipinski definition) is 1. The Balaban J connectivity index is 2.27. The van der Waals surface area contributed by atoms with Gasteiger partial charge in [0.2, 0.25) is 5.91 Å². The second-order valence-corrected chi connectivity index (χ2v) is 8.70. The number of halogens is 2. The van der Waals surface area contributed by atoms with Crippen LogP contribution in [0.1, 0.15) is 6.42 Å². The van der Waals surface area contributed by atoms with Gasteiger partial charge in [0, 0.05) is 6.54 Å². The van der Waals surface area contributed by atoms with Crippen molar-refractivity contribution in [3.8, 4) is 0 Å². The van der Waals surface area contributed by atoms with Crippen molar-refractivity contribution in [1.29, 1.82) is 0 Å². The van der Waals surface area contributed by atoms with Crippen molar-refractivity contribution in [3.63, 3.8) is 0 Å². The molecule has 2 aromatic carbocycles.